The standard InChI is InChI=1S/C11H14N2O2S/c1-8-13(10(7-16-8)11(14)15)6-9-3-2-4-12-5-9/h2-5,8,10H,6-7H2,1H3,(H,14,15). The van der Waals surface area contributed by atoms with Crippen LogP contribution >= 0.6 is 11.8 Å². The topological polar surface area (TPSA) is 53.4 Å². The molecule has 0 saturated carbocycles. The van der Waals surface area contributed by atoms with E-state index in [0.717, 1.165) is 5.56 Å². The second kappa shape index (κ2) is 4.84. The van der Waals surface area contributed by atoms with Crippen molar-refractivity contribution in [2.24, 2.45) is 0 Å². The summed E-state index contributed by atoms with van der Waals surface area (Å²) in [5.41, 5.74) is 1.06. The molecule has 2 atom stereocenters. The summed E-state index contributed by atoms with van der Waals surface area (Å²) >= 11 is 1.69. The number of aliphatic carboxylic acids is 1. The largest absolute Gasteiger partial charge is 0.480 e. The number of aromatic nitrogens is 1. The van der Waals surface area contributed by atoms with Crippen molar-refractivity contribution < 1.29 is 9.90 Å². The molecule has 5 heteroatoms. The minimum absolute atomic E-state index is 0.251. The van der Waals surface area contributed by atoms with Gasteiger partial charge in [0.25, 0.3) is 0 Å². The summed E-state index contributed by atoms with van der Waals surface area (Å²) in [6.45, 7) is 2.70. The molecule has 16 heavy (non-hydrogen) atoms. The molecule has 1 aromatic rings. The van der Waals surface area contributed by atoms with E-state index in [1.807, 2.05) is 24.0 Å². The average Bonchev–Trinajstić information content (AvgIpc) is 2.62. The van der Waals surface area contributed by atoms with Gasteiger partial charge in [0.05, 0.1) is 5.37 Å². The Morgan fingerprint density at radius 1 is 1.75 bits per heavy atom. The molecule has 0 aliphatic carbocycles. The molecule has 1 aliphatic rings. The first-order valence-corrected chi connectivity index (χ1v) is 6.22. The summed E-state index contributed by atoms with van der Waals surface area (Å²) in [6, 6.07) is 3.47. The van der Waals surface area contributed by atoms with Crippen molar-refractivity contribution in [3.8, 4) is 0 Å². The van der Waals surface area contributed by atoms with Gasteiger partial charge in [0.2, 0.25) is 0 Å². The first-order valence-electron chi connectivity index (χ1n) is 5.17. The van der Waals surface area contributed by atoms with Crippen LogP contribution in [0.15, 0.2) is 24.5 Å². The average molecular weight is 238 g/mol. The molecule has 2 rings (SSSR count). The fourth-order valence-electron chi connectivity index (χ4n) is 1.83. The van der Waals surface area contributed by atoms with Gasteiger partial charge in [0.15, 0.2) is 0 Å². The molecule has 0 radical (unpaired) electrons. The summed E-state index contributed by atoms with van der Waals surface area (Å²) in [4.78, 5) is 17.1. The molecule has 1 saturated heterocycles. The molecule has 1 fully saturated rings. The molecular formula is C11H14N2O2S. The number of carboxylic acid groups (broad SMARTS) is 1. The van der Waals surface area contributed by atoms with Gasteiger partial charge in [-0.05, 0) is 18.6 Å². The van der Waals surface area contributed by atoms with Crippen LogP contribution in [0.25, 0.3) is 0 Å². The highest BCUT2D eigenvalue weighted by Crippen LogP contribution is 2.30. The van der Waals surface area contributed by atoms with Crippen molar-refractivity contribution in [1.29, 1.82) is 0 Å². The molecule has 4 nitrogen and oxygen atoms in total. The normalized spacial score (nSPS) is 25.8. The van der Waals surface area contributed by atoms with Crippen molar-refractivity contribution in [2.75, 3.05) is 5.75 Å². The molecule has 1 aromatic heterocycles. The van der Waals surface area contributed by atoms with E-state index < -0.39 is 5.97 Å². The second-order valence-electron chi connectivity index (χ2n) is 3.82. The zero-order valence-corrected chi connectivity index (χ0v) is 9.85. The Morgan fingerprint density at radius 2 is 2.56 bits per heavy atom. The number of hydrogen-bond acceptors (Lipinski definition) is 4. The first-order chi connectivity index (χ1) is 7.68. The Morgan fingerprint density at radius 3 is 3.19 bits per heavy atom. The van der Waals surface area contributed by atoms with Gasteiger partial charge in [-0.25, -0.2) is 0 Å². The van der Waals surface area contributed by atoms with Crippen LogP contribution in [0.3, 0.4) is 0 Å². The lowest BCUT2D eigenvalue weighted by Crippen LogP contribution is -2.40. The third-order valence-corrected chi connectivity index (χ3v) is 4.00. The number of thioether (sulfide) groups is 1. The van der Waals surface area contributed by atoms with Gasteiger partial charge in [0.1, 0.15) is 6.04 Å². The Hall–Kier alpha value is -1.07. The van der Waals surface area contributed by atoms with E-state index in [0.29, 0.717) is 12.3 Å². The summed E-state index contributed by atoms with van der Waals surface area (Å²) in [6.07, 6.45) is 3.51. The Labute approximate surface area is 98.7 Å². The SMILES string of the molecule is CC1SCC(C(=O)O)N1Cc1cccnc1. The van der Waals surface area contributed by atoms with Gasteiger partial charge in [0, 0.05) is 24.7 Å². The van der Waals surface area contributed by atoms with Gasteiger partial charge in [-0.2, -0.15) is 0 Å². The molecule has 86 valence electrons. The van der Waals surface area contributed by atoms with Gasteiger partial charge in [-0.3, -0.25) is 14.7 Å². The molecule has 1 N–H and O–H groups in total. The number of rotatable bonds is 3. The van der Waals surface area contributed by atoms with Crippen molar-refractivity contribution >= 4 is 17.7 Å². The van der Waals surface area contributed by atoms with Gasteiger partial charge in [-0.1, -0.05) is 6.07 Å². The third kappa shape index (κ3) is 2.36. The molecule has 2 heterocycles. The van der Waals surface area contributed by atoms with Crippen LogP contribution in [0, 0.1) is 0 Å². The monoisotopic (exact) mass is 238 g/mol. The van der Waals surface area contributed by atoms with E-state index in [9.17, 15) is 4.79 Å². The molecule has 0 aromatic carbocycles. The van der Waals surface area contributed by atoms with Crippen LogP contribution in [0.1, 0.15) is 12.5 Å². The fraction of sp³-hybridized carbons (Fsp3) is 0.455. The molecule has 0 spiro atoms. The predicted octanol–water partition coefficient (Wildman–Crippen LogP) is 1.43. The summed E-state index contributed by atoms with van der Waals surface area (Å²) < 4.78 is 0. The van der Waals surface area contributed by atoms with E-state index in [-0.39, 0.29) is 11.4 Å². The summed E-state index contributed by atoms with van der Waals surface area (Å²) in [5.74, 6) is -0.0720. The molecule has 0 amide bonds. The van der Waals surface area contributed by atoms with Crippen LogP contribution in [-0.4, -0.2) is 38.1 Å². The van der Waals surface area contributed by atoms with Crippen LogP contribution in [0.4, 0.5) is 0 Å². The Bertz CT molecular complexity index is 372. The fourth-order valence-corrected chi connectivity index (χ4v) is 3.04. The number of pyridine rings is 1. The Kier molecular flexibility index (Phi) is 3.46. The second-order valence-corrected chi connectivity index (χ2v) is 5.17. The van der Waals surface area contributed by atoms with Gasteiger partial charge >= 0.3 is 5.97 Å². The smallest absolute Gasteiger partial charge is 0.321 e. The summed E-state index contributed by atoms with van der Waals surface area (Å²) in [7, 11) is 0. The molecule has 0 bridgehead atoms. The van der Waals surface area contributed by atoms with Gasteiger partial charge < -0.3 is 5.11 Å². The van der Waals surface area contributed by atoms with E-state index in [1.54, 1.807) is 24.2 Å². The van der Waals surface area contributed by atoms with E-state index in [1.165, 1.54) is 0 Å². The minimum Gasteiger partial charge on any atom is -0.480 e. The highest BCUT2D eigenvalue weighted by molar-refractivity contribution is 8.00. The van der Waals surface area contributed by atoms with Gasteiger partial charge in [-0.15, -0.1) is 11.8 Å². The maximum Gasteiger partial charge on any atom is 0.321 e. The third-order valence-electron chi connectivity index (χ3n) is 2.74. The number of carboxylic acids is 1. The Balaban J connectivity index is 2.10. The number of nitrogens with zero attached hydrogens (tertiary/aromatic N) is 2. The van der Waals surface area contributed by atoms with Crippen molar-refractivity contribution in [3.63, 3.8) is 0 Å². The minimum atomic E-state index is -0.735. The lowest BCUT2D eigenvalue weighted by atomic mass is 10.2. The van der Waals surface area contributed by atoms with E-state index in [2.05, 4.69) is 4.98 Å². The lowest BCUT2D eigenvalue weighted by molar-refractivity contribution is -0.142. The zero-order valence-electron chi connectivity index (χ0n) is 9.04. The maximum atomic E-state index is 11.1. The molecule has 2 unspecified atom stereocenters. The highest BCUT2D eigenvalue weighted by atomic mass is 32.2. The predicted molar refractivity (Wildman–Crippen MR) is 63.1 cm³/mol. The first kappa shape index (κ1) is 11.4. The highest BCUT2D eigenvalue weighted by Gasteiger charge is 2.35. The quantitative estimate of drug-likeness (QED) is 0.863. The summed E-state index contributed by atoms with van der Waals surface area (Å²) in [5, 5.41) is 9.36. The molecule has 1 aliphatic heterocycles. The van der Waals surface area contributed by atoms with Crippen LogP contribution in [0.5, 0.6) is 0 Å². The van der Waals surface area contributed by atoms with Crippen LogP contribution < -0.4 is 0 Å². The number of hydrogen-bond donors (Lipinski definition) is 1. The van der Waals surface area contributed by atoms with Crippen molar-refractivity contribution in [3.05, 3.63) is 30.1 Å². The van der Waals surface area contributed by atoms with Crippen LogP contribution in [0.2, 0.25) is 0 Å². The van der Waals surface area contributed by atoms with Crippen molar-refractivity contribution in [1.82, 2.24) is 9.88 Å². The maximum absolute atomic E-state index is 11.1. The lowest BCUT2D eigenvalue weighted by Gasteiger charge is -2.24. The number of carbonyl (C=O) groups is 1. The van der Waals surface area contributed by atoms with Crippen LogP contribution in [-0.2, 0) is 11.3 Å². The molecular weight excluding hydrogens is 224 g/mol. The van der Waals surface area contributed by atoms with Crippen molar-refractivity contribution in [2.45, 2.75) is 24.9 Å². The zero-order chi connectivity index (χ0) is 11.5. The van der Waals surface area contributed by atoms with E-state index >= 15 is 0 Å². The van der Waals surface area contributed by atoms with E-state index in [4.69, 9.17) is 5.11 Å².